The van der Waals surface area contributed by atoms with Crippen molar-refractivity contribution in [3.8, 4) is 28.4 Å². The van der Waals surface area contributed by atoms with Crippen LogP contribution in [-0.4, -0.2) is 27.9 Å². The highest BCUT2D eigenvalue weighted by Gasteiger charge is 2.22. The number of benzene rings is 2. The molecule has 0 saturated heterocycles. The Kier molecular flexibility index (Phi) is 5.44. The van der Waals surface area contributed by atoms with Gasteiger partial charge in [-0.25, -0.2) is 4.79 Å². The first kappa shape index (κ1) is 22.5. The van der Waals surface area contributed by atoms with Crippen molar-refractivity contribution in [2.24, 2.45) is 14.1 Å². The number of aryl methyl sites for hydroxylation is 1. The molecule has 0 radical (unpaired) electrons. The standard InChI is InChI=1S/C26H29N3O4/c1-26(2,3)17-10-8-16(9-11-17)23-22-19(27(4)25(31)28(5)24(22)30)15-29(23)18-12-13-20(32-6)21(14-18)33-7/h8-15H,1-7H3. The van der Waals surface area contributed by atoms with Crippen LogP contribution in [0.15, 0.2) is 58.3 Å². The zero-order valence-electron chi connectivity index (χ0n) is 20.1. The Hall–Kier alpha value is -3.74. The van der Waals surface area contributed by atoms with E-state index in [4.69, 9.17) is 9.47 Å². The van der Waals surface area contributed by atoms with E-state index in [0.717, 1.165) is 15.8 Å². The largest absolute Gasteiger partial charge is 0.493 e. The summed E-state index contributed by atoms with van der Waals surface area (Å²) < 4.78 is 15.5. The molecular weight excluding hydrogens is 418 g/mol. The van der Waals surface area contributed by atoms with Gasteiger partial charge in [-0.05, 0) is 28.7 Å². The van der Waals surface area contributed by atoms with E-state index < -0.39 is 0 Å². The van der Waals surface area contributed by atoms with Crippen molar-refractivity contribution in [2.75, 3.05) is 14.2 Å². The molecule has 33 heavy (non-hydrogen) atoms. The summed E-state index contributed by atoms with van der Waals surface area (Å²) in [5.41, 5.74) is 3.44. The summed E-state index contributed by atoms with van der Waals surface area (Å²) in [6.45, 7) is 6.49. The first-order valence-electron chi connectivity index (χ1n) is 10.7. The van der Waals surface area contributed by atoms with Gasteiger partial charge in [0.05, 0.1) is 30.8 Å². The van der Waals surface area contributed by atoms with E-state index in [1.165, 1.54) is 17.2 Å². The van der Waals surface area contributed by atoms with Crippen LogP contribution < -0.4 is 20.7 Å². The minimum atomic E-state index is -0.369. The Morgan fingerprint density at radius 1 is 0.818 bits per heavy atom. The van der Waals surface area contributed by atoms with Crippen molar-refractivity contribution < 1.29 is 9.47 Å². The van der Waals surface area contributed by atoms with Gasteiger partial charge in [-0.2, -0.15) is 0 Å². The van der Waals surface area contributed by atoms with Crippen molar-refractivity contribution in [1.29, 1.82) is 0 Å². The van der Waals surface area contributed by atoms with E-state index in [1.54, 1.807) is 21.3 Å². The number of rotatable bonds is 4. The van der Waals surface area contributed by atoms with Crippen LogP contribution in [0.3, 0.4) is 0 Å². The first-order chi connectivity index (χ1) is 15.6. The molecule has 0 aliphatic carbocycles. The maximum atomic E-state index is 13.3. The van der Waals surface area contributed by atoms with Crippen LogP contribution in [0.1, 0.15) is 26.3 Å². The van der Waals surface area contributed by atoms with Gasteiger partial charge in [0, 0.05) is 32.0 Å². The fourth-order valence-electron chi connectivity index (χ4n) is 4.13. The van der Waals surface area contributed by atoms with E-state index in [2.05, 4.69) is 32.9 Å². The summed E-state index contributed by atoms with van der Waals surface area (Å²) >= 11 is 0. The van der Waals surface area contributed by atoms with Gasteiger partial charge in [-0.1, -0.05) is 45.0 Å². The number of fused-ring (bicyclic) bond motifs is 1. The van der Waals surface area contributed by atoms with Crippen LogP contribution in [0.25, 0.3) is 27.8 Å². The Labute approximate surface area is 192 Å². The van der Waals surface area contributed by atoms with E-state index in [9.17, 15) is 9.59 Å². The molecule has 0 unspecified atom stereocenters. The Balaban J connectivity index is 2.10. The predicted molar refractivity (Wildman–Crippen MR) is 131 cm³/mol. The second kappa shape index (κ2) is 7.99. The Morgan fingerprint density at radius 2 is 1.45 bits per heavy atom. The SMILES string of the molecule is COc1ccc(-n2cc3c(c2-c2ccc(C(C)(C)C)cc2)c(=O)n(C)c(=O)n3C)cc1OC. The number of methoxy groups -OCH3 is 2. The van der Waals surface area contributed by atoms with Crippen LogP contribution in [0, 0.1) is 0 Å². The zero-order valence-corrected chi connectivity index (χ0v) is 20.1. The molecule has 2 heterocycles. The molecule has 0 aliphatic heterocycles. The molecule has 7 nitrogen and oxygen atoms in total. The molecule has 0 fully saturated rings. The van der Waals surface area contributed by atoms with Crippen LogP contribution in [0.2, 0.25) is 0 Å². The Morgan fingerprint density at radius 3 is 2.03 bits per heavy atom. The molecule has 0 N–H and O–H groups in total. The molecule has 0 bridgehead atoms. The maximum absolute atomic E-state index is 13.3. The van der Waals surface area contributed by atoms with Gasteiger partial charge in [0.25, 0.3) is 5.56 Å². The van der Waals surface area contributed by atoms with Gasteiger partial charge in [-0.15, -0.1) is 0 Å². The lowest BCUT2D eigenvalue weighted by atomic mass is 9.86. The zero-order chi connectivity index (χ0) is 24.1. The average molecular weight is 448 g/mol. The number of aromatic nitrogens is 3. The van der Waals surface area contributed by atoms with E-state index in [0.29, 0.717) is 28.1 Å². The van der Waals surface area contributed by atoms with E-state index in [1.807, 2.05) is 41.1 Å². The third-order valence-electron chi connectivity index (χ3n) is 6.11. The molecule has 0 amide bonds. The quantitative estimate of drug-likeness (QED) is 0.474. The van der Waals surface area contributed by atoms with Gasteiger partial charge in [-0.3, -0.25) is 13.9 Å². The second-order valence-electron chi connectivity index (χ2n) is 9.18. The molecule has 0 spiro atoms. The molecule has 2 aromatic carbocycles. The summed E-state index contributed by atoms with van der Waals surface area (Å²) in [7, 11) is 6.35. The third-order valence-corrected chi connectivity index (χ3v) is 6.11. The average Bonchev–Trinajstić information content (AvgIpc) is 3.21. The van der Waals surface area contributed by atoms with E-state index in [-0.39, 0.29) is 16.7 Å². The van der Waals surface area contributed by atoms with Crippen molar-refractivity contribution in [3.63, 3.8) is 0 Å². The summed E-state index contributed by atoms with van der Waals surface area (Å²) in [5, 5.41) is 0.484. The van der Waals surface area contributed by atoms with Crippen LogP contribution in [0.5, 0.6) is 11.5 Å². The number of ether oxygens (including phenoxy) is 2. The number of hydrogen-bond donors (Lipinski definition) is 0. The monoisotopic (exact) mass is 447 g/mol. The number of nitrogens with zero attached hydrogens (tertiary/aromatic N) is 3. The van der Waals surface area contributed by atoms with Crippen molar-refractivity contribution >= 4 is 10.9 Å². The minimum Gasteiger partial charge on any atom is -0.493 e. The second-order valence-corrected chi connectivity index (χ2v) is 9.18. The fraction of sp³-hybridized carbons (Fsp3) is 0.308. The van der Waals surface area contributed by atoms with E-state index >= 15 is 0 Å². The first-order valence-corrected chi connectivity index (χ1v) is 10.7. The predicted octanol–water partition coefficient (Wildman–Crippen LogP) is 4.01. The van der Waals surface area contributed by atoms with Gasteiger partial charge in [0.15, 0.2) is 11.5 Å². The molecule has 172 valence electrons. The van der Waals surface area contributed by atoms with Crippen LogP contribution in [-0.2, 0) is 19.5 Å². The summed E-state index contributed by atoms with van der Waals surface area (Å²) in [5.74, 6) is 1.18. The van der Waals surface area contributed by atoms with Gasteiger partial charge < -0.3 is 14.0 Å². The lowest BCUT2D eigenvalue weighted by molar-refractivity contribution is 0.355. The topological polar surface area (TPSA) is 67.4 Å². The maximum Gasteiger partial charge on any atom is 0.330 e. The van der Waals surface area contributed by atoms with Crippen LogP contribution in [0.4, 0.5) is 0 Å². The molecule has 4 aromatic rings. The van der Waals surface area contributed by atoms with Crippen molar-refractivity contribution in [2.45, 2.75) is 26.2 Å². The van der Waals surface area contributed by atoms with Gasteiger partial charge in [0.1, 0.15) is 0 Å². The molecule has 2 aromatic heterocycles. The molecule has 4 rings (SSSR count). The number of hydrogen-bond acceptors (Lipinski definition) is 4. The molecule has 0 saturated carbocycles. The normalized spacial score (nSPS) is 11.7. The lowest BCUT2D eigenvalue weighted by Crippen LogP contribution is -2.36. The molecule has 7 heteroatoms. The highest BCUT2D eigenvalue weighted by Crippen LogP contribution is 2.35. The van der Waals surface area contributed by atoms with Gasteiger partial charge >= 0.3 is 5.69 Å². The van der Waals surface area contributed by atoms with Gasteiger partial charge in [0.2, 0.25) is 0 Å². The minimum absolute atomic E-state index is 0.00593. The highest BCUT2D eigenvalue weighted by molar-refractivity contribution is 5.95. The highest BCUT2D eigenvalue weighted by atomic mass is 16.5. The smallest absolute Gasteiger partial charge is 0.330 e. The van der Waals surface area contributed by atoms with Crippen LogP contribution >= 0.6 is 0 Å². The fourth-order valence-corrected chi connectivity index (χ4v) is 4.13. The third kappa shape index (κ3) is 3.63. The summed E-state index contributed by atoms with van der Waals surface area (Å²) in [4.78, 5) is 25.9. The summed E-state index contributed by atoms with van der Waals surface area (Å²) in [6, 6.07) is 13.8. The molecular formula is C26H29N3O4. The summed E-state index contributed by atoms with van der Waals surface area (Å²) in [6.07, 6.45) is 1.83. The Bertz CT molecular complexity index is 1470. The lowest BCUT2D eigenvalue weighted by Gasteiger charge is -2.19. The van der Waals surface area contributed by atoms with Crippen molar-refractivity contribution in [3.05, 3.63) is 75.1 Å². The molecule has 0 aliphatic rings. The molecule has 0 atom stereocenters. The van der Waals surface area contributed by atoms with Crippen molar-refractivity contribution in [1.82, 2.24) is 13.7 Å².